The maximum absolute atomic E-state index is 12.6. The Hall–Kier alpha value is -1.31. The summed E-state index contributed by atoms with van der Waals surface area (Å²) in [4.78, 5) is 11.3. The fourth-order valence-electron chi connectivity index (χ4n) is 3.58. The lowest BCUT2D eigenvalue weighted by molar-refractivity contribution is -0.118. The van der Waals surface area contributed by atoms with Crippen LogP contribution in [0.15, 0.2) is 17.0 Å². The van der Waals surface area contributed by atoms with E-state index in [9.17, 15) is 13.2 Å². The Labute approximate surface area is 153 Å². The van der Waals surface area contributed by atoms with Crippen LogP contribution in [0.3, 0.4) is 0 Å². The normalized spacial score (nSPS) is 23.5. The van der Waals surface area contributed by atoms with Gasteiger partial charge in [0.25, 0.3) is 5.91 Å². The van der Waals surface area contributed by atoms with Gasteiger partial charge in [-0.05, 0) is 30.7 Å². The van der Waals surface area contributed by atoms with E-state index in [4.69, 9.17) is 16.3 Å². The zero-order chi connectivity index (χ0) is 18.0. The third-order valence-electron chi connectivity index (χ3n) is 4.85. The average molecular weight is 387 g/mol. The topological polar surface area (TPSA) is 84.5 Å². The highest BCUT2D eigenvalue weighted by Gasteiger charge is 2.25. The van der Waals surface area contributed by atoms with Crippen molar-refractivity contribution in [3.05, 3.63) is 17.2 Å². The van der Waals surface area contributed by atoms with Gasteiger partial charge in [-0.3, -0.25) is 4.79 Å². The van der Waals surface area contributed by atoms with Crippen molar-refractivity contribution < 1.29 is 17.9 Å². The Morgan fingerprint density at radius 1 is 1.36 bits per heavy atom. The molecule has 0 radical (unpaired) electrons. The summed E-state index contributed by atoms with van der Waals surface area (Å²) in [5.41, 5.74) is 0.386. The molecular weight excluding hydrogens is 364 g/mol. The van der Waals surface area contributed by atoms with Gasteiger partial charge in [-0.1, -0.05) is 37.8 Å². The summed E-state index contributed by atoms with van der Waals surface area (Å²) < 4.78 is 33.1. The minimum absolute atomic E-state index is 0.0268. The molecule has 1 amide bonds. The number of nitrogens with one attached hydrogen (secondary N) is 2. The highest BCUT2D eigenvalue weighted by molar-refractivity contribution is 7.89. The van der Waals surface area contributed by atoms with E-state index in [1.165, 1.54) is 31.4 Å². The molecule has 1 aromatic carbocycles. The van der Waals surface area contributed by atoms with Crippen LogP contribution in [0.1, 0.15) is 39.0 Å². The fourth-order valence-corrected chi connectivity index (χ4v) is 5.17. The van der Waals surface area contributed by atoms with Crippen LogP contribution in [-0.2, 0) is 14.8 Å². The number of rotatable bonds is 5. The number of sulfonamides is 1. The number of fused-ring (bicyclic) bond motifs is 1. The van der Waals surface area contributed by atoms with Crippen LogP contribution in [0.4, 0.5) is 5.69 Å². The van der Waals surface area contributed by atoms with Crippen LogP contribution in [-0.4, -0.2) is 27.5 Å². The number of anilines is 1. The Kier molecular flexibility index (Phi) is 5.55. The van der Waals surface area contributed by atoms with E-state index in [0.29, 0.717) is 23.9 Å². The van der Waals surface area contributed by atoms with Crippen molar-refractivity contribution >= 4 is 33.2 Å². The molecule has 25 heavy (non-hydrogen) atoms. The van der Waals surface area contributed by atoms with E-state index in [0.717, 1.165) is 18.8 Å². The second-order valence-corrected chi connectivity index (χ2v) is 9.08. The molecule has 1 aliphatic heterocycles. The van der Waals surface area contributed by atoms with Gasteiger partial charge in [0.2, 0.25) is 10.0 Å². The molecule has 3 rings (SSSR count). The second-order valence-electron chi connectivity index (χ2n) is 6.94. The van der Waals surface area contributed by atoms with Crippen LogP contribution < -0.4 is 14.8 Å². The number of halogens is 1. The lowest BCUT2D eigenvalue weighted by atomic mass is 9.81. The molecule has 2 N–H and O–H groups in total. The number of ether oxygens (including phenoxy) is 1. The summed E-state index contributed by atoms with van der Waals surface area (Å²) in [5, 5.41) is 2.66. The standard InChI is InChI=1S/C17H23ClN2O4S/c1-11-3-2-4-12(7-11)5-6-19-25(22,23)16-9-15-14(8-13(16)18)20-17(21)10-24-15/h8-9,11-12,19H,2-7,10H2,1H3,(H,20,21). The molecule has 6 nitrogen and oxygen atoms in total. The fraction of sp³-hybridized carbons (Fsp3) is 0.588. The van der Waals surface area contributed by atoms with Gasteiger partial charge in [0.1, 0.15) is 10.6 Å². The van der Waals surface area contributed by atoms with E-state index in [1.54, 1.807) is 0 Å². The largest absolute Gasteiger partial charge is 0.482 e. The summed E-state index contributed by atoms with van der Waals surface area (Å²) in [6, 6.07) is 2.77. The second kappa shape index (κ2) is 7.51. The molecule has 0 saturated heterocycles. The number of hydrogen-bond donors (Lipinski definition) is 2. The molecule has 0 spiro atoms. The Bertz CT molecular complexity index is 766. The first-order valence-electron chi connectivity index (χ1n) is 8.61. The molecule has 0 aromatic heterocycles. The molecule has 1 aromatic rings. The Morgan fingerprint density at radius 2 is 2.16 bits per heavy atom. The molecular formula is C17H23ClN2O4S. The monoisotopic (exact) mass is 386 g/mol. The van der Waals surface area contributed by atoms with E-state index >= 15 is 0 Å². The SMILES string of the molecule is CC1CCCC(CCNS(=O)(=O)c2cc3c(cc2Cl)NC(=O)CO3)C1. The van der Waals surface area contributed by atoms with Gasteiger partial charge in [-0.2, -0.15) is 0 Å². The number of hydrogen-bond acceptors (Lipinski definition) is 4. The first kappa shape index (κ1) is 18.5. The van der Waals surface area contributed by atoms with E-state index < -0.39 is 10.0 Å². The Morgan fingerprint density at radius 3 is 2.92 bits per heavy atom. The van der Waals surface area contributed by atoms with Crippen LogP contribution in [0, 0.1) is 11.8 Å². The van der Waals surface area contributed by atoms with Crippen LogP contribution in [0.2, 0.25) is 5.02 Å². The number of amides is 1. The van der Waals surface area contributed by atoms with Crippen LogP contribution in [0.25, 0.3) is 0 Å². The van der Waals surface area contributed by atoms with Gasteiger partial charge in [0.15, 0.2) is 6.61 Å². The molecule has 8 heteroatoms. The average Bonchev–Trinajstić information content (AvgIpc) is 2.53. The predicted molar refractivity (Wildman–Crippen MR) is 96.5 cm³/mol. The quantitative estimate of drug-likeness (QED) is 0.814. The maximum atomic E-state index is 12.6. The van der Waals surface area contributed by atoms with E-state index in [-0.39, 0.29) is 22.4 Å². The van der Waals surface area contributed by atoms with Crippen molar-refractivity contribution in [2.45, 2.75) is 43.9 Å². The van der Waals surface area contributed by atoms with Gasteiger partial charge in [-0.25, -0.2) is 13.1 Å². The van der Waals surface area contributed by atoms with Crippen molar-refractivity contribution in [3.8, 4) is 5.75 Å². The molecule has 2 aliphatic rings. The molecule has 2 unspecified atom stereocenters. The Balaban J connectivity index is 1.66. The lowest BCUT2D eigenvalue weighted by Crippen LogP contribution is -2.29. The van der Waals surface area contributed by atoms with Gasteiger partial charge in [-0.15, -0.1) is 0 Å². The van der Waals surface area contributed by atoms with Crippen molar-refractivity contribution in [2.75, 3.05) is 18.5 Å². The number of benzene rings is 1. The highest BCUT2D eigenvalue weighted by Crippen LogP contribution is 2.35. The number of carbonyl (C=O) groups excluding carboxylic acids is 1. The third-order valence-corrected chi connectivity index (χ3v) is 6.77. The number of carbonyl (C=O) groups is 1. The molecule has 138 valence electrons. The van der Waals surface area contributed by atoms with E-state index in [1.807, 2.05) is 0 Å². The van der Waals surface area contributed by atoms with Gasteiger partial charge in [0, 0.05) is 12.6 Å². The molecule has 1 saturated carbocycles. The van der Waals surface area contributed by atoms with Crippen LogP contribution in [0.5, 0.6) is 5.75 Å². The minimum atomic E-state index is -3.73. The summed E-state index contributed by atoms with van der Waals surface area (Å²) in [6.45, 7) is 2.51. The van der Waals surface area contributed by atoms with Crippen molar-refractivity contribution in [1.82, 2.24) is 4.72 Å². The zero-order valence-corrected chi connectivity index (χ0v) is 15.8. The summed E-state index contributed by atoms with van der Waals surface area (Å²) in [6.07, 6.45) is 5.65. The minimum Gasteiger partial charge on any atom is -0.482 e. The van der Waals surface area contributed by atoms with Crippen molar-refractivity contribution in [1.29, 1.82) is 0 Å². The van der Waals surface area contributed by atoms with Crippen molar-refractivity contribution in [3.63, 3.8) is 0 Å². The smallest absolute Gasteiger partial charge is 0.262 e. The third kappa shape index (κ3) is 4.46. The lowest BCUT2D eigenvalue weighted by Gasteiger charge is -2.26. The molecule has 2 atom stereocenters. The molecule has 1 fully saturated rings. The first-order chi connectivity index (χ1) is 11.8. The zero-order valence-electron chi connectivity index (χ0n) is 14.2. The van der Waals surface area contributed by atoms with Crippen LogP contribution >= 0.6 is 11.6 Å². The van der Waals surface area contributed by atoms with Gasteiger partial charge in [0.05, 0.1) is 10.7 Å². The molecule has 1 heterocycles. The van der Waals surface area contributed by atoms with Gasteiger partial charge >= 0.3 is 0 Å². The molecule has 1 aliphatic carbocycles. The first-order valence-corrected chi connectivity index (χ1v) is 10.5. The molecule has 0 bridgehead atoms. The summed E-state index contributed by atoms with van der Waals surface area (Å²) >= 11 is 6.11. The summed E-state index contributed by atoms with van der Waals surface area (Å²) in [5.74, 6) is 1.31. The summed E-state index contributed by atoms with van der Waals surface area (Å²) in [7, 11) is -3.73. The van der Waals surface area contributed by atoms with Crippen molar-refractivity contribution in [2.24, 2.45) is 11.8 Å². The maximum Gasteiger partial charge on any atom is 0.262 e. The van der Waals surface area contributed by atoms with Gasteiger partial charge < -0.3 is 10.1 Å². The predicted octanol–water partition coefficient (Wildman–Crippen LogP) is 3.17. The van der Waals surface area contributed by atoms with E-state index in [2.05, 4.69) is 17.0 Å². The highest BCUT2D eigenvalue weighted by atomic mass is 35.5.